The quantitative estimate of drug-likeness (QED) is 0.522. The minimum absolute atomic E-state index is 0.365. The predicted molar refractivity (Wildman–Crippen MR) is 83.2 cm³/mol. The minimum atomic E-state index is 0.365. The number of nitriles is 1. The number of aromatic nitrogens is 2. The second-order valence-electron chi connectivity index (χ2n) is 5.22. The molecule has 0 atom stereocenters. The number of fused-ring (bicyclic) bond motifs is 1. The smallest absolute Gasteiger partial charge is 0.179 e. The molecule has 1 aliphatic rings. The molecule has 2 N–H and O–H groups in total. The molecule has 21 heavy (non-hydrogen) atoms. The zero-order chi connectivity index (χ0) is 15.4. The maximum Gasteiger partial charge on any atom is 0.179 e. The Kier molecular flexibility index (Phi) is 4.63. The number of rotatable bonds is 3. The molecule has 2 heterocycles. The molecule has 6 nitrogen and oxygen atoms in total. The molecule has 0 saturated heterocycles. The van der Waals surface area contributed by atoms with Crippen LogP contribution in [0.3, 0.4) is 0 Å². The summed E-state index contributed by atoms with van der Waals surface area (Å²) in [5.74, 6) is 1.26. The maximum atomic E-state index is 9.22. The highest BCUT2D eigenvalue weighted by Crippen LogP contribution is 2.26. The normalized spacial score (nSPS) is 15.5. The molecular formula is C15H22N6. The first-order valence-electron chi connectivity index (χ1n) is 7.30. The molecule has 1 aliphatic heterocycles. The number of hydrogen-bond donors (Lipinski definition) is 1. The number of nitrogens with two attached hydrogens (primary N) is 1. The van der Waals surface area contributed by atoms with Gasteiger partial charge < -0.3 is 10.6 Å². The number of aryl methyl sites for hydroxylation is 1. The van der Waals surface area contributed by atoms with Gasteiger partial charge in [0.25, 0.3) is 0 Å². The van der Waals surface area contributed by atoms with Crippen LogP contribution in [0, 0.1) is 18.3 Å². The predicted octanol–water partition coefficient (Wildman–Crippen LogP) is 1.88. The van der Waals surface area contributed by atoms with Gasteiger partial charge in [-0.15, -0.1) is 0 Å². The van der Waals surface area contributed by atoms with E-state index in [0.29, 0.717) is 17.2 Å². The first-order valence-corrected chi connectivity index (χ1v) is 7.30. The Morgan fingerprint density at radius 3 is 2.90 bits per heavy atom. The van der Waals surface area contributed by atoms with Crippen molar-refractivity contribution in [2.45, 2.75) is 39.7 Å². The first kappa shape index (κ1) is 15.1. The molecule has 0 aromatic carbocycles. The standard InChI is InChI=1S/C15H22N6/c1-4-20(3)15(12(9-16)10-17)18-14-11(2)13-7-5-6-8-21(13)19-14/h9H,4-8,16H2,1-3H3. The zero-order valence-electron chi connectivity index (χ0n) is 12.9. The molecule has 0 unspecified atom stereocenters. The second-order valence-corrected chi connectivity index (χ2v) is 5.22. The van der Waals surface area contributed by atoms with E-state index < -0.39 is 0 Å². The van der Waals surface area contributed by atoms with Crippen LogP contribution in [0.15, 0.2) is 16.8 Å². The Morgan fingerprint density at radius 2 is 2.33 bits per heavy atom. The van der Waals surface area contributed by atoms with Crippen molar-refractivity contribution in [1.29, 1.82) is 5.26 Å². The lowest BCUT2D eigenvalue weighted by molar-refractivity contribution is 0.485. The Labute approximate surface area is 125 Å². The van der Waals surface area contributed by atoms with Crippen LogP contribution in [0.25, 0.3) is 0 Å². The topological polar surface area (TPSA) is 83.2 Å². The summed E-state index contributed by atoms with van der Waals surface area (Å²) < 4.78 is 2.04. The summed E-state index contributed by atoms with van der Waals surface area (Å²) in [7, 11) is 1.89. The Hall–Kier alpha value is -2.29. The Bertz CT molecular complexity index is 617. The third-order valence-corrected chi connectivity index (χ3v) is 3.90. The first-order chi connectivity index (χ1) is 10.1. The number of amidine groups is 1. The summed E-state index contributed by atoms with van der Waals surface area (Å²) in [6.45, 7) is 5.74. The van der Waals surface area contributed by atoms with Crippen molar-refractivity contribution in [3.63, 3.8) is 0 Å². The van der Waals surface area contributed by atoms with Gasteiger partial charge in [0.1, 0.15) is 17.5 Å². The third kappa shape index (κ3) is 2.92. The molecule has 1 aromatic heterocycles. The van der Waals surface area contributed by atoms with Crippen LogP contribution < -0.4 is 5.73 Å². The van der Waals surface area contributed by atoms with Crippen molar-refractivity contribution < 1.29 is 0 Å². The van der Waals surface area contributed by atoms with Crippen molar-refractivity contribution >= 4 is 11.7 Å². The van der Waals surface area contributed by atoms with Crippen LogP contribution in [0.1, 0.15) is 31.0 Å². The van der Waals surface area contributed by atoms with E-state index in [0.717, 1.165) is 31.5 Å². The van der Waals surface area contributed by atoms with E-state index in [-0.39, 0.29) is 0 Å². The molecule has 0 radical (unpaired) electrons. The van der Waals surface area contributed by atoms with E-state index in [1.807, 2.05) is 30.5 Å². The van der Waals surface area contributed by atoms with Crippen LogP contribution in [-0.2, 0) is 13.0 Å². The van der Waals surface area contributed by atoms with E-state index in [1.54, 1.807) is 0 Å². The van der Waals surface area contributed by atoms with Gasteiger partial charge in [0.05, 0.1) is 0 Å². The lowest BCUT2D eigenvalue weighted by Crippen LogP contribution is -2.28. The van der Waals surface area contributed by atoms with Gasteiger partial charge >= 0.3 is 0 Å². The maximum absolute atomic E-state index is 9.22. The van der Waals surface area contributed by atoms with Crippen LogP contribution in [0.4, 0.5) is 5.82 Å². The average Bonchev–Trinajstić information content (AvgIpc) is 2.83. The molecule has 112 valence electrons. The SMILES string of the molecule is CCN(C)C(=Nc1nn2c(c1C)CCCC2)C(C#N)=CN. The molecule has 6 heteroatoms. The summed E-state index contributed by atoms with van der Waals surface area (Å²) in [6, 6.07) is 2.10. The average molecular weight is 286 g/mol. The largest absolute Gasteiger partial charge is 0.403 e. The summed E-state index contributed by atoms with van der Waals surface area (Å²) in [5, 5.41) is 13.8. The summed E-state index contributed by atoms with van der Waals surface area (Å²) >= 11 is 0. The van der Waals surface area contributed by atoms with Gasteiger partial charge in [0.2, 0.25) is 0 Å². The molecule has 0 amide bonds. The molecule has 0 bridgehead atoms. The van der Waals surface area contributed by atoms with Gasteiger partial charge in [-0.05, 0) is 33.1 Å². The van der Waals surface area contributed by atoms with Crippen molar-refractivity contribution in [2.75, 3.05) is 13.6 Å². The summed E-state index contributed by atoms with van der Waals surface area (Å²) in [4.78, 5) is 6.52. The van der Waals surface area contributed by atoms with E-state index in [2.05, 4.69) is 16.2 Å². The fourth-order valence-corrected chi connectivity index (χ4v) is 2.50. The monoisotopic (exact) mass is 286 g/mol. The Morgan fingerprint density at radius 1 is 1.57 bits per heavy atom. The van der Waals surface area contributed by atoms with Gasteiger partial charge in [-0.1, -0.05) is 0 Å². The minimum Gasteiger partial charge on any atom is -0.403 e. The van der Waals surface area contributed by atoms with Crippen LogP contribution in [-0.4, -0.2) is 34.1 Å². The van der Waals surface area contributed by atoms with E-state index in [4.69, 9.17) is 5.73 Å². The highest BCUT2D eigenvalue weighted by Gasteiger charge is 2.19. The van der Waals surface area contributed by atoms with Gasteiger partial charge in [-0.2, -0.15) is 10.4 Å². The van der Waals surface area contributed by atoms with Gasteiger partial charge in [-0.25, -0.2) is 4.99 Å². The fraction of sp³-hybridized carbons (Fsp3) is 0.533. The van der Waals surface area contributed by atoms with Gasteiger partial charge in [-0.3, -0.25) is 4.68 Å². The lowest BCUT2D eigenvalue weighted by Gasteiger charge is -2.18. The number of aliphatic imine (C=N–C) groups is 1. The van der Waals surface area contributed by atoms with E-state index in [1.165, 1.54) is 18.3 Å². The van der Waals surface area contributed by atoms with Crippen LogP contribution in [0.2, 0.25) is 0 Å². The van der Waals surface area contributed by atoms with Crippen LogP contribution >= 0.6 is 0 Å². The third-order valence-electron chi connectivity index (χ3n) is 3.90. The van der Waals surface area contributed by atoms with Gasteiger partial charge in [0.15, 0.2) is 5.82 Å². The van der Waals surface area contributed by atoms with Crippen molar-refractivity contribution in [3.8, 4) is 6.07 Å². The molecule has 2 rings (SSSR count). The van der Waals surface area contributed by atoms with Crippen molar-refractivity contribution in [2.24, 2.45) is 10.7 Å². The Balaban J connectivity index is 2.48. The zero-order valence-corrected chi connectivity index (χ0v) is 12.9. The molecule has 1 aromatic rings. The number of hydrogen-bond acceptors (Lipinski definition) is 4. The lowest BCUT2D eigenvalue weighted by atomic mass is 10.1. The fourth-order valence-electron chi connectivity index (χ4n) is 2.50. The molecule has 0 aliphatic carbocycles. The van der Waals surface area contributed by atoms with E-state index in [9.17, 15) is 5.26 Å². The van der Waals surface area contributed by atoms with Crippen molar-refractivity contribution in [1.82, 2.24) is 14.7 Å². The number of nitrogens with zero attached hydrogens (tertiary/aromatic N) is 5. The van der Waals surface area contributed by atoms with Gasteiger partial charge in [0, 0.05) is 37.6 Å². The highest BCUT2D eigenvalue weighted by atomic mass is 15.3. The number of likely N-dealkylation sites (N-methyl/N-ethyl adjacent to an activating group) is 1. The molecular weight excluding hydrogens is 264 g/mol. The van der Waals surface area contributed by atoms with Crippen LogP contribution in [0.5, 0.6) is 0 Å². The summed E-state index contributed by atoms with van der Waals surface area (Å²) in [6.07, 6.45) is 4.70. The molecule has 0 saturated carbocycles. The van der Waals surface area contributed by atoms with E-state index >= 15 is 0 Å². The van der Waals surface area contributed by atoms with Crippen molar-refractivity contribution in [3.05, 3.63) is 23.0 Å². The molecule has 0 fully saturated rings. The second kappa shape index (κ2) is 6.44. The summed E-state index contributed by atoms with van der Waals surface area (Å²) in [5.41, 5.74) is 8.27. The highest BCUT2D eigenvalue weighted by molar-refractivity contribution is 6.02. The molecule has 0 spiro atoms.